The molecule has 0 bridgehead atoms. The molecule has 1 unspecified atom stereocenters. The van der Waals surface area contributed by atoms with Gasteiger partial charge in [0.1, 0.15) is 6.61 Å². The lowest BCUT2D eigenvalue weighted by molar-refractivity contribution is -0.142. The first-order valence-electron chi connectivity index (χ1n) is 7.48. The van der Waals surface area contributed by atoms with Crippen LogP contribution in [0.15, 0.2) is 30.5 Å². The molecule has 1 aromatic heterocycles. The molecule has 23 heavy (non-hydrogen) atoms. The van der Waals surface area contributed by atoms with Gasteiger partial charge in [0.15, 0.2) is 11.5 Å². The number of nitrogens with zero attached hydrogens (tertiary/aromatic N) is 3. The number of ether oxygens (including phenoxy) is 2. The van der Waals surface area contributed by atoms with Gasteiger partial charge in [0.25, 0.3) is 5.91 Å². The number of hydrogen-bond donors (Lipinski definition) is 1. The molecule has 0 saturated heterocycles. The van der Waals surface area contributed by atoms with E-state index in [0.717, 1.165) is 11.3 Å². The molecular weight excluding hydrogens is 296 g/mol. The monoisotopic (exact) mass is 312 g/mol. The number of carbonyl (C=O) groups is 1. The molecular formula is C16H16N4O3. The van der Waals surface area contributed by atoms with Crippen LogP contribution in [-0.2, 0) is 17.8 Å². The third-order valence-corrected chi connectivity index (χ3v) is 4.06. The zero-order valence-corrected chi connectivity index (χ0v) is 12.4. The van der Waals surface area contributed by atoms with Gasteiger partial charge in [0, 0.05) is 12.7 Å². The predicted octanol–water partition coefficient (Wildman–Crippen LogP) is 0.783. The zero-order chi connectivity index (χ0) is 15.8. The van der Waals surface area contributed by atoms with Crippen molar-refractivity contribution >= 4 is 11.9 Å². The molecule has 118 valence electrons. The molecule has 1 aromatic carbocycles. The Bertz CT molecular complexity index is 765. The standard InChI is InChI=1S/C16H16N4O3/c17-16-18-7-10-5-6-20(8-11(10)19-16)15(21)14-9-22-12-3-1-2-4-13(12)23-14/h1-4,7,14H,5-6,8-9H2,(H2,17,18,19). The number of anilines is 1. The van der Waals surface area contributed by atoms with E-state index in [1.165, 1.54) is 0 Å². The highest BCUT2D eigenvalue weighted by Gasteiger charge is 2.33. The Morgan fingerprint density at radius 2 is 2.13 bits per heavy atom. The van der Waals surface area contributed by atoms with Crippen LogP contribution < -0.4 is 15.2 Å². The average molecular weight is 312 g/mol. The normalized spacial score (nSPS) is 19.1. The second-order valence-electron chi connectivity index (χ2n) is 5.57. The quantitative estimate of drug-likeness (QED) is 0.837. The second-order valence-corrected chi connectivity index (χ2v) is 5.57. The van der Waals surface area contributed by atoms with E-state index < -0.39 is 6.10 Å². The summed E-state index contributed by atoms with van der Waals surface area (Å²) in [5.74, 6) is 1.40. The van der Waals surface area contributed by atoms with Crippen LogP contribution in [0.1, 0.15) is 11.3 Å². The van der Waals surface area contributed by atoms with E-state index in [0.29, 0.717) is 31.0 Å². The van der Waals surface area contributed by atoms with Crippen LogP contribution in [0.25, 0.3) is 0 Å². The fourth-order valence-corrected chi connectivity index (χ4v) is 2.85. The van der Waals surface area contributed by atoms with E-state index in [-0.39, 0.29) is 18.5 Å². The van der Waals surface area contributed by atoms with E-state index >= 15 is 0 Å². The third kappa shape index (κ3) is 2.54. The maximum atomic E-state index is 12.7. The number of nitrogen functional groups attached to an aromatic ring is 1. The fraction of sp³-hybridized carbons (Fsp3) is 0.312. The van der Waals surface area contributed by atoms with Gasteiger partial charge in [-0.1, -0.05) is 12.1 Å². The number of hydrogen-bond acceptors (Lipinski definition) is 6. The number of aromatic nitrogens is 2. The van der Waals surface area contributed by atoms with Crippen LogP contribution in [-0.4, -0.2) is 40.0 Å². The lowest BCUT2D eigenvalue weighted by Crippen LogP contribution is -2.48. The molecule has 0 saturated carbocycles. The van der Waals surface area contributed by atoms with Crippen LogP contribution in [0.4, 0.5) is 5.95 Å². The summed E-state index contributed by atoms with van der Waals surface area (Å²) in [7, 11) is 0. The molecule has 0 spiro atoms. The molecule has 7 heteroatoms. The molecule has 1 amide bonds. The van der Waals surface area contributed by atoms with Crippen molar-refractivity contribution in [2.75, 3.05) is 18.9 Å². The van der Waals surface area contributed by atoms with E-state index in [1.807, 2.05) is 18.2 Å². The van der Waals surface area contributed by atoms with Gasteiger partial charge in [0.2, 0.25) is 12.1 Å². The van der Waals surface area contributed by atoms with E-state index in [4.69, 9.17) is 15.2 Å². The highest BCUT2D eigenvalue weighted by atomic mass is 16.6. The number of rotatable bonds is 1. The first-order chi connectivity index (χ1) is 11.2. The van der Waals surface area contributed by atoms with Crippen LogP contribution in [0, 0.1) is 0 Å². The number of fused-ring (bicyclic) bond motifs is 2. The summed E-state index contributed by atoms with van der Waals surface area (Å²) in [5, 5.41) is 0. The van der Waals surface area contributed by atoms with Crippen molar-refractivity contribution in [3.8, 4) is 11.5 Å². The van der Waals surface area contributed by atoms with Crippen molar-refractivity contribution in [2.24, 2.45) is 0 Å². The van der Waals surface area contributed by atoms with Crippen molar-refractivity contribution in [1.82, 2.24) is 14.9 Å². The minimum absolute atomic E-state index is 0.0951. The van der Waals surface area contributed by atoms with Gasteiger partial charge >= 0.3 is 0 Å². The summed E-state index contributed by atoms with van der Waals surface area (Å²) >= 11 is 0. The minimum Gasteiger partial charge on any atom is -0.485 e. The Hall–Kier alpha value is -2.83. The van der Waals surface area contributed by atoms with Gasteiger partial charge in [-0.2, -0.15) is 0 Å². The topological polar surface area (TPSA) is 90.6 Å². The van der Waals surface area contributed by atoms with Crippen LogP contribution in [0.2, 0.25) is 0 Å². The summed E-state index contributed by atoms with van der Waals surface area (Å²) in [4.78, 5) is 22.7. The number of benzene rings is 1. The van der Waals surface area contributed by atoms with Crippen molar-refractivity contribution in [3.05, 3.63) is 41.7 Å². The summed E-state index contributed by atoms with van der Waals surface area (Å²) in [5.41, 5.74) is 7.47. The fourth-order valence-electron chi connectivity index (χ4n) is 2.85. The lowest BCUT2D eigenvalue weighted by atomic mass is 10.1. The van der Waals surface area contributed by atoms with Gasteiger partial charge in [-0.25, -0.2) is 9.97 Å². The van der Waals surface area contributed by atoms with Crippen LogP contribution >= 0.6 is 0 Å². The summed E-state index contributed by atoms with van der Waals surface area (Å²) < 4.78 is 11.4. The van der Waals surface area contributed by atoms with Crippen molar-refractivity contribution < 1.29 is 14.3 Å². The Morgan fingerprint density at radius 1 is 1.30 bits per heavy atom. The molecule has 1 atom stereocenters. The summed E-state index contributed by atoms with van der Waals surface area (Å²) in [6, 6.07) is 7.35. The summed E-state index contributed by atoms with van der Waals surface area (Å²) in [6.07, 6.45) is 1.81. The van der Waals surface area contributed by atoms with Gasteiger partial charge < -0.3 is 20.1 Å². The molecule has 7 nitrogen and oxygen atoms in total. The summed E-state index contributed by atoms with van der Waals surface area (Å²) in [6.45, 7) is 1.24. The largest absolute Gasteiger partial charge is 0.485 e. The minimum atomic E-state index is -0.634. The first-order valence-corrected chi connectivity index (χ1v) is 7.48. The molecule has 0 aliphatic carbocycles. The van der Waals surface area contributed by atoms with Crippen molar-refractivity contribution in [2.45, 2.75) is 19.1 Å². The van der Waals surface area contributed by atoms with Crippen LogP contribution in [0.3, 0.4) is 0 Å². The van der Waals surface area contributed by atoms with E-state index in [2.05, 4.69) is 9.97 Å². The van der Waals surface area contributed by atoms with Gasteiger partial charge in [-0.05, 0) is 24.1 Å². The molecule has 2 aromatic rings. The Kier molecular flexibility index (Phi) is 3.25. The van der Waals surface area contributed by atoms with E-state index in [1.54, 1.807) is 17.2 Å². The number of nitrogens with two attached hydrogens (primary N) is 1. The lowest BCUT2D eigenvalue weighted by Gasteiger charge is -2.33. The maximum absolute atomic E-state index is 12.7. The zero-order valence-electron chi connectivity index (χ0n) is 12.4. The molecule has 0 fully saturated rings. The highest BCUT2D eigenvalue weighted by Crippen LogP contribution is 2.31. The molecule has 3 heterocycles. The second kappa shape index (κ2) is 5.42. The average Bonchev–Trinajstić information content (AvgIpc) is 2.60. The molecule has 0 radical (unpaired) electrons. The predicted molar refractivity (Wildman–Crippen MR) is 81.9 cm³/mol. The molecule has 4 rings (SSSR count). The first kappa shape index (κ1) is 13.8. The molecule has 2 N–H and O–H groups in total. The van der Waals surface area contributed by atoms with E-state index in [9.17, 15) is 4.79 Å². The Balaban J connectivity index is 1.50. The molecule has 2 aliphatic rings. The molecule has 2 aliphatic heterocycles. The Labute approximate surface area is 133 Å². The smallest absolute Gasteiger partial charge is 0.267 e. The number of para-hydroxylation sites is 2. The van der Waals surface area contributed by atoms with Crippen LogP contribution in [0.5, 0.6) is 11.5 Å². The van der Waals surface area contributed by atoms with Gasteiger partial charge in [-0.15, -0.1) is 0 Å². The maximum Gasteiger partial charge on any atom is 0.267 e. The SMILES string of the molecule is Nc1ncc2c(n1)CN(C(=O)C1COc3ccccc3O1)CC2. The van der Waals surface area contributed by atoms with Crippen molar-refractivity contribution in [1.29, 1.82) is 0 Å². The number of amides is 1. The van der Waals surface area contributed by atoms with Gasteiger partial charge in [0.05, 0.1) is 12.2 Å². The number of carbonyl (C=O) groups excluding carboxylic acids is 1. The highest BCUT2D eigenvalue weighted by molar-refractivity contribution is 5.82. The third-order valence-electron chi connectivity index (χ3n) is 4.06. The Morgan fingerprint density at radius 3 is 3.00 bits per heavy atom. The van der Waals surface area contributed by atoms with Gasteiger partial charge in [-0.3, -0.25) is 4.79 Å². The van der Waals surface area contributed by atoms with Crippen molar-refractivity contribution in [3.63, 3.8) is 0 Å².